The molecule has 1 aliphatic heterocycles. The van der Waals surface area contributed by atoms with E-state index in [2.05, 4.69) is 10.3 Å². The topological polar surface area (TPSA) is 79.4 Å². The molecule has 0 saturated carbocycles. The van der Waals surface area contributed by atoms with Crippen LogP contribution < -0.4 is 5.32 Å². The summed E-state index contributed by atoms with van der Waals surface area (Å²) in [5.74, 6) is -0.300. The van der Waals surface area contributed by atoms with E-state index < -0.39 is 10.0 Å². The Kier molecular flexibility index (Phi) is 5.67. The van der Waals surface area contributed by atoms with Crippen molar-refractivity contribution in [1.82, 2.24) is 9.29 Å². The summed E-state index contributed by atoms with van der Waals surface area (Å²) in [6, 6.07) is 7.42. The highest BCUT2D eigenvalue weighted by molar-refractivity contribution is 7.88. The van der Waals surface area contributed by atoms with Crippen molar-refractivity contribution in [2.24, 2.45) is 5.92 Å². The molecular weight excluding hydrogens is 394 g/mol. The lowest BCUT2D eigenvalue weighted by atomic mass is 9.97. The minimum Gasteiger partial charge on any atom is -0.302 e. The van der Waals surface area contributed by atoms with Crippen LogP contribution in [-0.4, -0.2) is 43.0 Å². The molecule has 9 heteroatoms. The van der Waals surface area contributed by atoms with Gasteiger partial charge in [0, 0.05) is 34.5 Å². The second kappa shape index (κ2) is 7.64. The van der Waals surface area contributed by atoms with Gasteiger partial charge in [-0.1, -0.05) is 23.7 Å². The van der Waals surface area contributed by atoms with Gasteiger partial charge >= 0.3 is 0 Å². The van der Waals surface area contributed by atoms with Crippen molar-refractivity contribution in [3.05, 3.63) is 34.2 Å². The third-order valence-corrected chi connectivity index (χ3v) is 6.88. The number of hydrogen-bond acceptors (Lipinski definition) is 5. The number of anilines is 1. The molecule has 0 aliphatic carbocycles. The number of thiazole rings is 1. The maximum atomic E-state index is 12.5. The molecule has 2 heterocycles. The molecule has 1 amide bonds. The Morgan fingerprint density at radius 3 is 2.46 bits per heavy atom. The van der Waals surface area contributed by atoms with Crippen molar-refractivity contribution in [2.75, 3.05) is 24.7 Å². The molecule has 1 aromatic carbocycles. The molecule has 1 aromatic heterocycles. The average Bonchev–Trinajstić information content (AvgIpc) is 2.95. The number of nitrogens with one attached hydrogen (secondary N) is 1. The van der Waals surface area contributed by atoms with Crippen LogP contribution >= 0.6 is 22.9 Å². The number of hydrogen-bond donors (Lipinski definition) is 1. The SMILES string of the molecule is Cc1sc(NC(=O)C2CCN(S(C)(=O)=O)CC2)nc1-c1ccc(Cl)cc1. The van der Waals surface area contributed by atoms with E-state index in [1.165, 1.54) is 21.9 Å². The van der Waals surface area contributed by atoms with Crippen molar-refractivity contribution in [2.45, 2.75) is 19.8 Å². The van der Waals surface area contributed by atoms with Crippen LogP contribution in [0.2, 0.25) is 5.02 Å². The van der Waals surface area contributed by atoms with E-state index in [-0.39, 0.29) is 11.8 Å². The first-order valence-electron chi connectivity index (χ1n) is 8.23. The van der Waals surface area contributed by atoms with Crippen molar-refractivity contribution < 1.29 is 13.2 Å². The zero-order valence-electron chi connectivity index (χ0n) is 14.5. The highest BCUT2D eigenvalue weighted by Gasteiger charge is 2.29. The Labute approximate surface area is 162 Å². The molecule has 0 atom stereocenters. The quantitative estimate of drug-likeness (QED) is 0.833. The number of piperidine rings is 1. The number of benzene rings is 1. The molecule has 140 valence electrons. The van der Waals surface area contributed by atoms with Crippen molar-refractivity contribution >= 4 is 44.0 Å². The van der Waals surface area contributed by atoms with Crippen molar-refractivity contribution in [3.63, 3.8) is 0 Å². The molecule has 6 nitrogen and oxygen atoms in total. The number of amides is 1. The van der Waals surface area contributed by atoms with Gasteiger partial charge in [-0.2, -0.15) is 0 Å². The van der Waals surface area contributed by atoms with Crippen LogP contribution in [0.15, 0.2) is 24.3 Å². The number of sulfonamides is 1. The number of aromatic nitrogens is 1. The molecule has 0 radical (unpaired) electrons. The maximum absolute atomic E-state index is 12.5. The summed E-state index contributed by atoms with van der Waals surface area (Å²) in [4.78, 5) is 18.0. The molecular formula is C17H20ClN3O3S2. The Morgan fingerprint density at radius 2 is 1.88 bits per heavy atom. The van der Waals surface area contributed by atoms with E-state index in [0.29, 0.717) is 36.1 Å². The fourth-order valence-electron chi connectivity index (χ4n) is 2.98. The highest BCUT2D eigenvalue weighted by Crippen LogP contribution is 2.31. The first-order valence-corrected chi connectivity index (χ1v) is 11.3. The molecule has 2 aromatic rings. The van der Waals surface area contributed by atoms with Crippen molar-refractivity contribution in [3.8, 4) is 11.3 Å². The summed E-state index contributed by atoms with van der Waals surface area (Å²) in [6.45, 7) is 2.72. The van der Waals surface area contributed by atoms with Crippen LogP contribution in [0.4, 0.5) is 5.13 Å². The first-order chi connectivity index (χ1) is 12.2. The monoisotopic (exact) mass is 413 g/mol. The number of aryl methyl sites for hydroxylation is 1. The first kappa shape index (κ1) is 19.3. The summed E-state index contributed by atoms with van der Waals surface area (Å²) in [6.07, 6.45) is 2.24. The van der Waals surface area contributed by atoms with E-state index in [9.17, 15) is 13.2 Å². The van der Waals surface area contributed by atoms with E-state index in [1.54, 1.807) is 0 Å². The number of carbonyl (C=O) groups excluding carboxylic acids is 1. The Morgan fingerprint density at radius 1 is 1.27 bits per heavy atom. The lowest BCUT2D eigenvalue weighted by molar-refractivity contribution is -0.120. The standard InChI is InChI=1S/C17H20ClN3O3S2/c1-11-15(12-3-5-14(18)6-4-12)19-17(25-11)20-16(22)13-7-9-21(10-8-13)26(2,23)24/h3-6,13H,7-10H2,1-2H3,(H,19,20,22). The van der Waals surface area contributed by atoms with E-state index in [0.717, 1.165) is 16.1 Å². The van der Waals surface area contributed by atoms with Crippen LogP contribution in [-0.2, 0) is 14.8 Å². The molecule has 1 fully saturated rings. The van der Waals surface area contributed by atoms with Crippen LogP contribution in [0.5, 0.6) is 0 Å². The van der Waals surface area contributed by atoms with E-state index in [4.69, 9.17) is 11.6 Å². The van der Waals surface area contributed by atoms with Gasteiger partial charge in [-0.3, -0.25) is 4.79 Å². The third-order valence-electron chi connectivity index (χ3n) is 4.44. The van der Waals surface area contributed by atoms with Gasteiger partial charge in [0.1, 0.15) is 0 Å². The van der Waals surface area contributed by atoms with Gasteiger partial charge in [0.15, 0.2) is 5.13 Å². The molecule has 26 heavy (non-hydrogen) atoms. The van der Waals surface area contributed by atoms with Crippen LogP contribution in [0.1, 0.15) is 17.7 Å². The van der Waals surface area contributed by atoms with Gasteiger partial charge in [0.2, 0.25) is 15.9 Å². The molecule has 0 spiro atoms. The summed E-state index contributed by atoms with van der Waals surface area (Å²) >= 11 is 7.35. The lowest BCUT2D eigenvalue weighted by Crippen LogP contribution is -2.40. The number of rotatable bonds is 4. The number of carbonyl (C=O) groups is 1. The van der Waals surface area contributed by atoms with Crippen LogP contribution in [0, 0.1) is 12.8 Å². The molecule has 0 bridgehead atoms. The Balaban J connectivity index is 1.65. The molecule has 1 saturated heterocycles. The molecule has 3 rings (SSSR count). The highest BCUT2D eigenvalue weighted by atomic mass is 35.5. The lowest BCUT2D eigenvalue weighted by Gasteiger charge is -2.29. The Bertz CT molecular complexity index is 902. The second-order valence-electron chi connectivity index (χ2n) is 6.36. The molecule has 1 N–H and O–H groups in total. The van der Waals surface area contributed by atoms with Crippen molar-refractivity contribution in [1.29, 1.82) is 0 Å². The number of halogens is 1. The van der Waals surface area contributed by atoms with Gasteiger partial charge in [0.05, 0.1) is 11.9 Å². The summed E-state index contributed by atoms with van der Waals surface area (Å²) < 4.78 is 24.5. The van der Waals surface area contributed by atoms with E-state index >= 15 is 0 Å². The molecule has 1 aliphatic rings. The summed E-state index contributed by atoms with van der Waals surface area (Å²) in [7, 11) is -3.19. The van der Waals surface area contributed by atoms with Gasteiger partial charge in [0.25, 0.3) is 0 Å². The summed E-state index contributed by atoms with van der Waals surface area (Å²) in [5, 5.41) is 4.10. The van der Waals surface area contributed by atoms with Crippen LogP contribution in [0.25, 0.3) is 11.3 Å². The fourth-order valence-corrected chi connectivity index (χ4v) is 4.82. The predicted octanol–water partition coefficient (Wildman–Crippen LogP) is 3.38. The average molecular weight is 414 g/mol. The van der Waals surface area contributed by atoms with Gasteiger partial charge in [-0.05, 0) is 31.9 Å². The minimum atomic E-state index is -3.19. The van der Waals surface area contributed by atoms with Crippen LogP contribution in [0.3, 0.4) is 0 Å². The predicted molar refractivity (Wildman–Crippen MR) is 105 cm³/mol. The zero-order valence-corrected chi connectivity index (χ0v) is 16.9. The fraction of sp³-hybridized carbons (Fsp3) is 0.412. The van der Waals surface area contributed by atoms with Gasteiger partial charge in [-0.25, -0.2) is 17.7 Å². The smallest absolute Gasteiger partial charge is 0.229 e. The maximum Gasteiger partial charge on any atom is 0.229 e. The van der Waals surface area contributed by atoms with Gasteiger partial charge < -0.3 is 5.32 Å². The zero-order chi connectivity index (χ0) is 18.9. The third kappa shape index (κ3) is 4.43. The largest absolute Gasteiger partial charge is 0.302 e. The normalized spacial score (nSPS) is 16.6. The molecule has 0 unspecified atom stereocenters. The summed E-state index contributed by atoms with van der Waals surface area (Å²) in [5.41, 5.74) is 1.78. The number of nitrogens with zero attached hydrogens (tertiary/aromatic N) is 2. The minimum absolute atomic E-state index is 0.102. The van der Waals surface area contributed by atoms with Gasteiger partial charge in [-0.15, -0.1) is 11.3 Å². The van der Waals surface area contributed by atoms with E-state index in [1.807, 2.05) is 31.2 Å². The second-order valence-corrected chi connectivity index (χ2v) is 9.98. The Hall–Kier alpha value is -1.48.